The highest BCUT2D eigenvalue weighted by Gasteiger charge is 2.25. The number of rotatable bonds is 5. The fraction of sp³-hybridized carbons (Fsp3) is 0.276. The van der Waals surface area contributed by atoms with Crippen molar-refractivity contribution >= 4 is 33.1 Å². The van der Waals surface area contributed by atoms with Crippen LogP contribution in [-0.4, -0.2) is 10.9 Å². The standard InChI is InChI=1S/C29H27N3OS/c1-3-6-19-10-12-20(13-11-19)26-16-23(21-7-4-5-8-25(21)31-26)28(33)32-29-24(17-30)22-14-9-18(2)15-27(22)34-29/h4-5,7-8,10-13,16,18H,3,6,9,14-15H2,1-2H3,(H,32,33)/t18-/m1/s1. The summed E-state index contributed by atoms with van der Waals surface area (Å²) in [5.41, 5.74) is 6.15. The van der Waals surface area contributed by atoms with Gasteiger partial charge in [0.05, 0.1) is 22.3 Å². The van der Waals surface area contributed by atoms with E-state index >= 15 is 0 Å². The summed E-state index contributed by atoms with van der Waals surface area (Å²) in [6.45, 7) is 4.42. The lowest BCUT2D eigenvalue weighted by Gasteiger charge is -2.17. The van der Waals surface area contributed by atoms with Crippen molar-refractivity contribution in [2.45, 2.75) is 46.0 Å². The van der Waals surface area contributed by atoms with Crippen molar-refractivity contribution in [1.29, 1.82) is 5.26 Å². The number of fused-ring (bicyclic) bond motifs is 2. The van der Waals surface area contributed by atoms with E-state index in [1.165, 1.54) is 10.4 Å². The fourth-order valence-electron chi connectivity index (χ4n) is 4.77. The highest BCUT2D eigenvalue weighted by Crippen LogP contribution is 2.39. The average Bonchev–Trinajstić information content (AvgIpc) is 3.19. The van der Waals surface area contributed by atoms with Gasteiger partial charge in [-0.1, -0.05) is 62.7 Å². The monoisotopic (exact) mass is 465 g/mol. The lowest BCUT2D eigenvalue weighted by Crippen LogP contribution is -2.13. The van der Waals surface area contributed by atoms with Crippen LogP contribution in [-0.2, 0) is 19.3 Å². The van der Waals surface area contributed by atoms with Crippen LogP contribution in [0.25, 0.3) is 22.2 Å². The molecule has 4 aromatic rings. The van der Waals surface area contributed by atoms with Crippen molar-refractivity contribution in [2.24, 2.45) is 5.92 Å². The number of aromatic nitrogens is 1. The van der Waals surface area contributed by atoms with Gasteiger partial charge in [0.25, 0.3) is 5.91 Å². The summed E-state index contributed by atoms with van der Waals surface area (Å²) in [7, 11) is 0. The molecule has 170 valence electrons. The number of thiophene rings is 1. The summed E-state index contributed by atoms with van der Waals surface area (Å²) in [6, 6.07) is 20.4. The minimum atomic E-state index is -0.203. The zero-order valence-corrected chi connectivity index (χ0v) is 20.3. The number of benzene rings is 2. The maximum Gasteiger partial charge on any atom is 0.257 e. The van der Waals surface area contributed by atoms with Crippen molar-refractivity contribution < 1.29 is 4.79 Å². The molecule has 0 aliphatic heterocycles. The first kappa shape index (κ1) is 22.3. The number of carbonyl (C=O) groups is 1. The minimum Gasteiger partial charge on any atom is -0.312 e. The Labute approximate surface area is 204 Å². The molecule has 0 fully saturated rings. The van der Waals surface area contributed by atoms with E-state index in [4.69, 9.17) is 4.98 Å². The molecule has 1 amide bonds. The largest absolute Gasteiger partial charge is 0.312 e. The third-order valence-electron chi connectivity index (χ3n) is 6.60. The summed E-state index contributed by atoms with van der Waals surface area (Å²) < 4.78 is 0. The van der Waals surface area contributed by atoms with Crippen LogP contribution in [0.2, 0.25) is 0 Å². The van der Waals surface area contributed by atoms with Gasteiger partial charge in [-0.05, 0) is 54.9 Å². The van der Waals surface area contributed by atoms with Gasteiger partial charge in [0.1, 0.15) is 11.1 Å². The van der Waals surface area contributed by atoms with Gasteiger partial charge in [0, 0.05) is 15.8 Å². The van der Waals surface area contributed by atoms with Crippen LogP contribution in [0.1, 0.15) is 58.6 Å². The molecule has 2 aromatic carbocycles. The van der Waals surface area contributed by atoms with E-state index in [9.17, 15) is 10.1 Å². The van der Waals surface area contributed by atoms with Gasteiger partial charge < -0.3 is 5.32 Å². The van der Waals surface area contributed by atoms with Crippen LogP contribution in [0.3, 0.4) is 0 Å². The lowest BCUT2D eigenvalue weighted by molar-refractivity contribution is 0.102. The van der Waals surface area contributed by atoms with Crippen LogP contribution < -0.4 is 5.32 Å². The normalized spacial score (nSPS) is 15.0. The number of nitrogens with one attached hydrogen (secondary N) is 1. The second kappa shape index (κ2) is 9.40. The predicted octanol–water partition coefficient (Wildman–Crippen LogP) is 7.16. The Hall–Kier alpha value is -3.49. The van der Waals surface area contributed by atoms with E-state index in [0.717, 1.165) is 59.8 Å². The molecular formula is C29H27N3OS. The minimum absolute atomic E-state index is 0.203. The van der Waals surface area contributed by atoms with E-state index in [1.807, 2.05) is 30.3 Å². The topological polar surface area (TPSA) is 65.8 Å². The maximum absolute atomic E-state index is 13.6. The van der Waals surface area contributed by atoms with Crippen LogP contribution in [0, 0.1) is 17.2 Å². The van der Waals surface area contributed by atoms with Crippen LogP contribution >= 0.6 is 11.3 Å². The maximum atomic E-state index is 13.6. The molecular weight excluding hydrogens is 438 g/mol. The Kier molecular flexibility index (Phi) is 6.17. The number of aryl methyl sites for hydroxylation is 1. The number of para-hydroxylation sites is 1. The molecule has 0 bridgehead atoms. The zero-order chi connectivity index (χ0) is 23.7. The van der Waals surface area contributed by atoms with Crippen LogP contribution in [0.15, 0.2) is 54.6 Å². The Bertz CT molecular complexity index is 1410. The van der Waals surface area contributed by atoms with Gasteiger partial charge in [0.15, 0.2) is 0 Å². The molecule has 1 aliphatic rings. The molecule has 5 heteroatoms. The van der Waals surface area contributed by atoms with Gasteiger partial charge in [-0.2, -0.15) is 5.26 Å². The molecule has 5 rings (SSSR count). The number of nitriles is 1. The van der Waals surface area contributed by atoms with Crippen molar-refractivity contribution in [2.75, 3.05) is 5.32 Å². The number of hydrogen-bond donors (Lipinski definition) is 1. The smallest absolute Gasteiger partial charge is 0.257 e. The van der Waals surface area contributed by atoms with Gasteiger partial charge in [-0.15, -0.1) is 11.3 Å². The van der Waals surface area contributed by atoms with Crippen LogP contribution in [0.5, 0.6) is 0 Å². The first-order chi connectivity index (χ1) is 16.6. The molecule has 2 aromatic heterocycles. The third-order valence-corrected chi connectivity index (χ3v) is 7.77. The molecule has 0 radical (unpaired) electrons. The summed E-state index contributed by atoms with van der Waals surface area (Å²) in [6.07, 6.45) is 5.11. The molecule has 4 nitrogen and oxygen atoms in total. The third kappa shape index (κ3) is 4.22. The van der Waals surface area contributed by atoms with Gasteiger partial charge >= 0.3 is 0 Å². The highest BCUT2D eigenvalue weighted by atomic mass is 32.1. The second-order valence-corrected chi connectivity index (χ2v) is 10.2. The van der Waals surface area contributed by atoms with Crippen molar-refractivity contribution in [3.8, 4) is 17.3 Å². The molecule has 34 heavy (non-hydrogen) atoms. The first-order valence-electron chi connectivity index (χ1n) is 11.9. The Morgan fingerprint density at radius 1 is 1.21 bits per heavy atom. The molecule has 0 unspecified atom stereocenters. The molecule has 0 saturated heterocycles. The van der Waals surface area contributed by atoms with Gasteiger partial charge in [0.2, 0.25) is 0 Å². The van der Waals surface area contributed by atoms with E-state index in [0.29, 0.717) is 22.0 Å². The number of nitrogens with zero attached hydrogens (tertiary/aromatic N) is 2. The number of pyridine rings is 1. The number of anilines is 1. The summed E-state index contributed by atoms with van der Waals surface area (Å²) in [5.74, 6) is 0.405. The molecule has 0 spiro atoms. The van der Waals surface area contributed by atoms with Gasteiger partial charge in [-0.25, -0.2) is 4.98 Å². The highest BCUT2D eigenvalue weighted by molar-refractivity contribution is 7.16. The van der Waals surface area contributed by atoms with Crippen molar-refractivity contribution in [3.05, 3.63) is 81.7 Å². The number of hydrogen-bond acceptors (Lipinski definition) is 4. The molecule has 1 atom stereocenters. The Morgan fingerprint density at radius 3 is 2.76 bits per heavy atom. The summed E-state index contributed by atoms with van der Waals surface area (Å²) in [5, 5.41) is 14.4. The molecule has 1 N–H and O–H groups in total. The van der Waals surface area contributed by atoms with E-state index in [1.54, 1.807) is 11.3 Å². The van der Waals surface area contributed by atoms with Gasteiger partial charge in [-0.3, -0.25) is 4.79 Å². The number of carbonyl (C=O) groups excluding carboxylic acids is 1. The molecule has 1 aliphatic carbocycles. The molecule has 2 heterocycles. The SMILES string of the molecule is CCCc1ccc(-c2cc(C(=O)Nc3sc4c(c3C#N)CC[C@@H](C)C4)c3ccccc3n2)cc1. The average molecular weight is 466 g/mol. The van der Waals surface area contributed by atoms with Crippen molar-refractivity contribution in [1.82, 2.24) is 4.98 Å². The summed E-state index contributed by atoms with van der Waals surface area (Å²) in [4.78, 5) is 19.6. The lowest BCUT2D eigenvalue weighted by atomic mass is 9.88. The van der Waals surface area contributed by atoms with Crippen LogP contribution in [0.4, 0.5) is 5.00 Å². The quantitative estimate of drug-likeness (QED) is 0.340. The Morgan fingerprint density at radius 2 is 2.00 bits per heavy atom. The Balaban J connectivity index is 1.53. The first-order valence-corrected chi connectivity index (χ1v) is 12.7. The zero-order valence-electron chi connectivity index (χ0n) is 19.5. The fourth-order valence-corrected chi connectivity index (χ4v) is 6.13. The predicted molar refractivity (Wildman–Crippen MR) is 139 cm³/mol. The summed E-state index contributed by atoms with van der Waals surface area (Å²) >= 11 is 1.56. The van der Waals surface area contributed by atoms with Crippen molar-refractivity contribution in [3.63, 3.8) is 0 Å². The second-order valence-electron chi connectivity index (χ2n) is 9.14. The molecule has 0 saturated carbocycles. The van der Waals surface area contributed by atoms with E-state index in [2.05, 4.69) is 49.5 Å². The number of amides is 1. The van der Waals surface area contributed by atoms with E-state index in [-0.39, 0.29) is 5.91 Å². The van der Waals surface area contributed by atoms with E-state index < -0.39 is 0 Å².